The topological polar surface area (TPSA) is 30.9 Å². The number of fused-ring (bicyclic) bond motifs is 1. The van der Waals surface area contributed by atoms with Crippen LogP contribution in [0.15, 0.2) is 91.0 Å². The first kappa shape index (κ1) is 27.4. The molecule has 3 saturated heterocycles. The van der Waals surface area contributed by atoms with E-state index in [0.717, 1.165) is 26.0 Å². The Morgan fingerprint density at radius 3 is 1.87 bits per heavy atom. The zero-order chi connectivity index (χ0) is 26.3. The van der Waals surface area contributed by atoms with E-state index in [4.69, 9.17) is 14.2 Å². The monoisotopic (exact) mass is 561 g/mol. The van der Waals surface area contributed by atoms with Crippen molar-refractivity contribution in [2.75, 3.05) is 24.7 Å². The molecule has 3 aromatic rings. The number of piperidine rings is 1. The Kier molecular flexibility index (Phi) is 9.29. The lowest BCUT2D eigenvalue weighted by Gasteiger charge is -2.50. The summed E-state index contributed by atoms with van der Waals surface area (Å²) in [5, 5.41) is 0. The van der Waals surface area contributed by atoms with Gasteiger partial charge in [0.15, 0.2) is 0 Å². The van der Waals surface area contributed by atoms with Gasteiger partial charge in [-0.05, 0) is 47.5 Å². The Balaban J connectivity index is 1.21. The first-order valence-corrected chi connectivity index (χ1v) is 16.2. The van der Waals surface area contributed by atoms with Crippen LogP contribution in [-0.2, 0) is 34.0 Å². The van der Waals surface area contributed by atoms with Crippen molar-refractivity contribution >= 4 is 23.5 Å². The number of hydrogen-bond acceptors (Lipinski definition) is 6. The van der Waals surface area contributed by atoms with E-state index in [9.17, 15) is 0 Å². The second-order valence-electron chi connectivity index (χ2n) is 10.9. The van der Waals surface area contributed by atoms with Gasteiger partial charge < -0.3 is 14.2 Å². The molecule has 0 N–H and O–H groups in total. The van der Waals surface area contributed by atoms with Crippen molar-refractivity contribution in [2.45, 2.75) is 67.5 Å². The fraction of sp³-hybridized carbons (Fsp3) is 0.455. The molecular weight excluding hydrogens is 523 g/mol. The molecule has 1 spiro atoms. The Labute approximate surface area is 241 Å². The first-order valence-electron chi connectivity index (χ1n) is 14.2. The van der Waals surface area contributed by atoms with Crippen molar-refractivity contribution in [3.8, 4) is 0 Å². The first-order chi connectivity index (χ1) is 19.3. The van der Waals surface area contributed by atoms with Crippen molar-refractivity contribution in [2.24, 2.45) is 0 Å². The maximum Gasteiger partial charge on any atom is 0.101 e. The van der Waals surface area contributed by atoms with Crippen molar-refractivity contribution < 1.29 is 14.2 Å². The third kappa shape index (κ3) is 6.92. The molecule has 4 atom stereocenters. The van der Waals surface area contributed by atoms with Gasteiger partial charge in [-0.1, -0.05) is 91.0 Å². The van der Waals surface area contributed by atoms with E-state index >= 15 is 0 Å². The van der Waals surface area contributed by atoms with E-state index in [-0.39, 0.29) is 16.3 Å². The molecule has 3 heterocycles. The van der Waals surface area contributed by atoms with Crippen LogP contribution in [0.25, 0.3) is 0 Å². The molecule has 206 valence electrons. The number of ether oxygens (including phenoxy) is 3. The average molecular weight is 562 g/mol. The summed E-state index contributed by atoms with van der Waals surface area (Å²) in [5.74, 6) is 2.50. The van der Waals surface area contributed by atoms with Gasteiger partial charge in [-0.15, -0.1) is 23.5 Å². The van der Waals surface area contributed by atoms with E-state index in [2.05, 4.69) is 119 Å². The van der Waals surface area contributed by atoms with Gasteiger partial charge in [0.25, 0.3) is 0 Å². The number of thioether (sulfide) groups is 2. The fourth-order valence-electron chi connectivity index (χ4n) is 6.22. The summed E-state index contributed by atoms with van der Waals surface area (Å²) in [6, 6.07) is 32.3. The lowest BCUT2D eigenvalue weighted by molar-refractivity contribution is -0.0755. The molecule has 3 fully saturated rings. The maximum absolute atomic E-state index is 6.79. The number of rotatable bonds is 10. The van der Waals surface area contributed by atoms with Gasteiger partial charge in [-0.3, -0.25) is 4.90 Å². The Bertz CT molecular complexity index is 1140. The molecule has 39 heavy (non-hydrogen) atoms. The largest absolute Gasteiger partial charge is 0.375 e. The van der Waals surface area contributed by atoms with Crippen LogP contribution >= 0.6 is 23.5 Å². The predicted octanol–water partition coefficient (Wildman–Crippen LogP) is 6.79. The third-order valence-corrected chi connectivity index (χ3v) is 11.5. The zero-order valence-electron chi connectivity index (χ0n) is 22.5. The average Bonchev–Trinajstić information content (AvgIpc) is 3.34. The second-order valence-corrected chi connectivity index (χ2v) is 14.1. The van der Waals surface area contributed by atoms with Crippen molar-refractivity contribution in [1.29, 1.82) is 0 Å². The van der Waals surface area contributed by atoms with Gasteiger partial charge in [-0.25, -0.2) is 0 Å². The normalized spacial score (nSPS) is 26.5. The van der Waals surface area contributed by atoms with Crippen molar-refractivity contribution in [3.63, 3.8) is 0 Å². The van der Waals surface area contributed by atoms with Crippen LogP contribution in [0.1, 0.15) is 36.0 Å². The summed E-state index contributed by atoms with van der Waals surface area (Å²) in [6.45, 7) is 3.52. The zero-order valence-corrected chi connectivity index (χ0v) is 24.2. The van der Waals surface area contributed by atoms with E-state index < -0.39 is 0 Å². The highest BCUT2D eigenvalue weighted by Crippen LogP contribution is 2.54. The van der Waals surface area contributed by atoms with Crippen LogP contribution in [0.2, 0.25) is 0 Å². The summed E-state index contributed by atoms with van der Waals surface area (Å²) >= 11 is 4.36. The van der Waals surface area contributed by atoms with E-state index in [1.54, 1.807) is 0 Å². The van der Waals surface area contributed by atoms with Crippen LogP contribution in [0.3, 0.4) is 0 Å². The molecule has 6 heteroatoms. The van der Waals surface area contributed by atoms with Gasteiger partial charge in [0.05, 0.1) is 36.6 Å². The molecule has 0 radical (unpaired) electrons. The van der Waals surface area contributed by atoms with Gasteiger partial charge in [0, 0.05) is 18.6 Å². The van der Waals surface area contributed by atoms with E-state index in [1.165, 1.54) is 34.6 Å². The molecule has 0 amide bonds. The van der Waals surface area contributed by atoms with Gasteiger partial charge in [-0.2, -0.15) is 0 Å². The van der Waals surface area contributed by atoms with Gasteiger partial charge >= 0.3 is 0 Å². The molecule has 4 nitrogen and oxygen atoms in total. The van der Waals surface area contributed by atoms with Crippen LogP contribution in [0.4, 0.5) is 0 Å². The van der Waals surface area contributed by atoms with Crippen molar-refractivity contribution in [3.05, 3.63) is 108 Å². The van der Waals surface area contributed by atoms with Crippen molar-refractivity contribution in [1.82, 2.24) is 4.90 Å². The van der Waals surface area contributed by atoms with Gasteiger partial charge in [0.1, 0.15) is 6.10 Å². The van der Waals surface area contributed by atoms with Gasteiger partial charge in [0.2, 0.25) is 0 Å². The molecule has 0 bridgehead atoms. The van der Waals surface area contributed by atoms with Crippen LogP contribution in [0.5, 0.6) is 0 Å². The third-order valence-electron chi connectivity index (χ3n) is 8.13. The molecular formula is C33H39NO3S2. The van der Waals surface area contributed by atoms with Crippen LogP contribution in [-0.4, -0.2) is 57.9 Å². The standard InChI is InChI=1S/C33H39NO3S2/c1-4-11-26(12-5-1)22-35-25-29-19-33(38-17-10-18-39-33)20-30-32(37-24-28-15-8-3-9-16-28)31(21-34(29)30)36-23-27-13-6-2-7-14-27/h1-9,11-16,29-32H,10,17-25H2/t29-,30+,31+,32+/m0/s1. The van der Waals surface area contributed by atoms with Crippen LogP contribution < -0.4 is 0 Å². The predicted molar refractivity (Wildman–Crippen MR) is 162 cm³/mol. The second kappa shape index (κ2) is 13.2. The lowest BCUT2D eigenvalue weighted by Crippen LogP contribution is -2.55. The number of benzene rings is 3. The van der Waals surface area contributed by atoms with Crippen LogP contribution in [0, 0.1) is 0 Å². The Hall–Kier alpha value is -1.80. The minimum atomic E-state index is 0.0317. The lowest BCUT2D eigenvalue weighted by atomic mass is 9.94. The molecule has 0 saturated carbocycles. The highest BCUT2D eigenvalue weighted by molar-refractivity contribution is 8.18. The SMILES string of the molecule is c1ccc(COC[C@@H]2CC3(C[C@@H]4[C@@H](OCc5ccccc5)[C@H](OCc5ccccc5)CN24)SCCCS3)cc1. The summed E-state index contributed by atoms with van der Waals surface area (Å²) < 4.78 is 20.1. The number of nitrogens with zero attached hydrogens (tertiary/aromatic N) is 1. The fourth-order valence-corrected chi connectivity index (χ4v) is 9.75. The smallest absolute Gasteiger partial charge is 0.101 e. The quantitative estimate of drug-likeness (QED) is 0.271. The molecule has 0 aliphatic carbocycles. The summed E-state index contributed by atoms with van der Waals surface area (Å²) in [7, 11) is 0. The Morgan fingerprint density at radius 2 is 1.26 bits per heavy atom. The van der Waals surface area contributed by atoms with E-state index in [0.29, 0.717) is 31.9 Å². The molecule has 0 aromatic heterocycles. The molecule has 6 rings (SSSR count). The highest BCUT2D eigenvalue weighted by Gasteiger charge is 2.54. The summed E-state index contributed by atoms with van der Waals surface area (Å²) in [6.07, 6.45) is 3.67. The van der Waals surface area contributed by atoms with E-state index in [1.807, 2.05) is 0 Å². The Morgan fingerprint density at radius 1 is 0.692 bits per heavy atom. The molecule has 3 aromatic carbocycles. The maximum atomic E-state index is 6.79. The molecule has 3 aliphatic rings. The molecule has 3 aliphatic heterocycles. The molecule has 0 unspecified atom stereocenters. The summed E-state index contributed by atoms with van der Waals surface area (Å²) in [5.41, 5.74) is 3.66. The number of hydrogen-bond donors (Lipinski definition) is 0. The minimum Gasteiger partial charge on any atom is -0.375 e. The highest BCUT2D eigenvalue weighted by atomic mass is 32.2. The minimum absolute atomic E-state index is 0.0317. The summed E-state index contributed by atoms with van der Waals surface area (Å²) in [4.78, 5) is 2.68.